The van der Waals surface area contributed by atoms with Gasteiger partial charge in [0.1, 0.15) is 0 Å². The van der Waals surface area contributed by atoms with Crippen LogP contribution in [0.5, 0.6) is 0 Å². The highest BCUT2D eigenvalue weighted by Gasteiger charge is 2.19. The maximum Gasteiger partial charge on any atom is 0.285 e. The van der Waals surface area contributed by atoms with Crippen LogP contribution in [0.25, 0.3) is 10.4 Å². The van der Waals surface area contributed by atoms with E-state index < -0.39 is 5.91 Å². The first-order valence-electron chi connectivity index (χ1n) is 6.21. The molecule has 0 spiro atoms. The van der Waals surface area contributed by atoms with Gasteiger partial charge in [-0.15, -0.1) is 0 Å². The molecular weight excluding hydrogens is 272 g/mol. The fourth-order valence-electron chi connectivity index (χ4n) is 1.88. The summed E-state index contributed by atoms with van der Waals surface area (Å²) in [5.74, 6) is 4.73. The zero-order valence-corrected chi connectivity index (χ0v) is 12.5. The van der Waals surface area contributed by atoms with Gasteiger partial charge in [-0.3, -0.25) is 10.2 Å². The third-order valence-electron chi connectivity index (χ3n) is 3.00. The molecule has 5 nitrogen and oxygen atoms in total. The van der Waals surface area contributed by atoms with Gasteiger partial charge in [0.25, 0.3) is 5.91 Å². The van der Waals surface area contributed by atoms with Crippen LogP contribution in [0.3, 0.4) is 0 Å². The third-order valence-corrected chi connectivity index (χ3v) is 3.94. The number of rotatable bonds is 2. The first-order chi connectivity index (χ1) is 9.32. The van der Waals surface area contributed by atoms with Gasteiger partial charge in [-0.25, -0.2) is 10.8 Å². The topological polar surface area (TPSA) is 94.0 Å². The van der Waals surface area contributed by atoms with Crippen LogP contribution in [0.15, 0.2) is 24.3 Å². The molecular formula is C14H18N4OS. The highest BCUT2D eigenvalue weighted by molar-refractivity contribution is 7.19. The minimum atomic E-state index is -0.437. The van der Waals surface area contributed by atoms with Gasteiger partial charge >= 0.3 is 0 Å². The Hall–Kier alpha value is -1.92. The number of carbonyl (C=O) groups excluding carboxylic acids is 1. The molecule has 0 saturated heterocycles. The van der Waals surface area contributed by atoms with Crippen molar-refractivity contribution < 1.29 is 4.79 Å². The molecule has 1 heterocycles. The minimum absolute atomic E-state index is 0.0860. The number of amides is 1. The fraction of sp³-hybridized carbons (Fsp3) is 0.286. The number of nitrogens with zero attached hydrogens (tertiary/aromatic N) is 1. The van der Waals surface area contributed by atoms with E-state index in [1.165, 1.54) is 16.9 Å². The van der Waals surface area contributed by atoms with Crippen molar-refractivity contribution in [2.24, 2.45) is 5.84 Å². The number of hydrazine groups is 1. The van der Waals surface area contributed by atoms with E-state index in [9.17, 15) is 4.79 Å². The molecule has 2 aromatic rings. The van der Waals surface area contributed by atoms with Crippen molar-refractivity contribution in [3.05, 3.63) is 35.5 Å². The van der Waals surface area contributed by atoms with E-state index >= 15 is 0 Å². The zero-order valence-electron chi connectivity index (χ0n) is 11.7. The second kappa shape index (κ2) is 5.22. The molecule has 1 amide bonds. The highest BCUT2D eigenvalue weighted by atomic mass is 32.1. The molecule has 0 unspecified atom stereocenters. The quantitative estimate of drug-likeness (QED) is 0.449. The number of benzene rings is 1. The molecule has 0 atom stereocenters. The normalized spacial score (nSPS) is 11.4. The SMILES string of the molecule is CC(C)(C)c1ccc(-c2sc(N)nc2C(=O)NN)cc1. The summed E-state index contributed by atoms with van der Waals surface area (Å²) >= 11 is 1.27. The van der Waals surface area contributed by atoms with Gasteiger partial charge in [-0.2, -0.15) is 0 Å². The van der Waals surface area contributed by atoms with E-state index in [1.807, 2.05) is 12.1 Å². The molecule has 0 bridgehead atoms. The van der Waals surface area contributed by atoms with Crippen LogP contribution in [-0.4, -0.2) is 10.9 Å². The number of anilines is 1. The number of nitrogen functional groups attached to an aromatic ring is 2. The summed E-state index contributed by atoms with van der Waals surface area (Å²) in [5.41, 5.74) is 10.3. The van der Waals surface area contributed by atoms with Crippen molar-refractivity contribution in [3.63, 3.8) is 0 Å². The number of nitrogens with two attached hydrogens (primary N) is 2. The van der Waals surface area contributed by atoms with Crippen molar-refractivity contribution in [1.29, 1.82) is 0 Å². The summed E-state index contributed by atoms with van der Waals surface area (Å²) in [6, 6.07) is 8.05. The van der Waals surface area contributed by atoms with Crippen LogP contribution >= 0.6 is 11.3 Å². The molecule has 106 valence electrons. The summed E-state index contributed by atoms with van der Waals surface area (Å²) in [7, 11) is 0. The molecule has 20 heavy (non-hydrogen) atoms. The van der Waals surface area contributed by atoms with Gasteiger partial charge in [0.05, 0.1) is 4.88 Å². The second-order valence-corrected chi connectivity index (χ2v) is 6.56. The van der Waals surface area contributed by atoms with E-state index in [4.69, 9.17) is 11.6 Å². The Balaban J connectivity index is 2.44. The maximum atomic E-state index is 11.7. The molecule has 0 aliphatic heterocycles. The van der Waals surface area contributed by atoms with E-state index in [2.05, 4.69) is 43.3 Å². The van der Waals surface area contributed by atoms with Crippen molar-refractivity contribution in [1.82, 2.24) is 10.4 Å². The lowest BCUT2D eigenvalue weighted by Crippen LogP contribution is -2.30. The van der Waals surface area contributed by atoms with Crippen molar-refractivity contribution in [2.45, 2.75) is 26.2 Å². The minimum Gasteiger partial charge on any atom is -0.375 e. The van der Waals surface area contributed by atoms with Crippen molar-refractivity contribution >= 4 is 22.4 Å². The second-order valence-electron chi connectivity index (χ2n) is 5.53. The first-order valence-corrected chi connectivity index (χ1v) is 7.02. The summed E-state index contributed by atoms with van der Waals surface area (Å²) < 4.78 is 0. The number of carbonyl (C=O) groups is 1. The van der Waals surface area contributed by atoms with Crippen LogP contribution in [0.2, 0.25) is 0 Å². The first kappa shape index (κ1) is 14.5. The lowest BCUT2D eigenvalue weighted by Gasteiger charge is -2.19. The summed E-state index contributed by atoms with van der Waals surface area (Å²) in [5, 5.41) is 0.346. The summed E-state index contributed by atoms with van der Waals surface area (Å²) in [4.78, 5) is 16.5. The van der Waals surface area contributed by atoms with Gasteiger partial charge in [-0.05, 0) is 16.5 Å². The lowest BCUT2D eigenvalue weighted by atomic mass is 9.86. The summed E-state index contributed by atoms with van der Waals surface area (Å²) in [6.45, 7) is 6.46. The Morgan fingerprint density at radius 3 is 2.35 bits per heavy atom. The Labute approximate surface area is 122 Å². The monoisotopic (exact) mass is 290 g/mol. The molecule has 0 saturated carbocycles. The van der Waals surface area contributed by atoms with Gasteiger partial charge < -0.3 is 5.73 Å². The van der Waals surface area contributed by atoms with E-state index in [-0.39, 0.29) is 11.1 Å². The number of hydrogen-bond donors (Lipinski definition) is 3. The average Bonchev–Trinajstić information content (AvgIpc) is 2.79. The van der Waals surface area contributed by atoms with Crippen LogP contribution in [0, 0.1) is 0 Å². The van der Waals surface area contributed by atoms with E-state index in [0.717, 1.165) is 10.4 Å². The van der Waals surface area contributed by atoms with Crippen LogP contribution in [0.4, 0.5) is 5.13 Å². The van der Waals surface area contributed by atoms with Crippen LogP contribution in [-0.2, 0) is 5.41 Å². The zero-order chi connectivity index (χ0) is 14.9. The highest BCUT2D eigenvalue weighted by Crippen LogP contribution is 2.33. The Bertz CT molecular complexity index is 626. The number of hydrogen-bond acceptors (Lipinski definition) is 5. The number of nitrogens with one attached hydrogen (secondary N) is 1. The number of thiazole rings is 1. The van der Waals surface area contributed by atoms with Gasteiger partial charge in [-0.1, -0.05) is 56.4 Å². The maximum absolute atomic E-state index is 11.7. The van der Waals surface area contributed by atoms with Crippen molar-refractivity contribution in [3.8, 4) is 10.4 Å². The Morgan fingerprint density at radius 1 is 1.25 bits per heavy atom. The number of aromatic nitrogens is 1. The predicted molar refractivity (Wildman–Crippen MR) is 82.3 cm³/mol. The van der Waals surface area contributed by atoms with Gasteiger partial charge in [0.2, 0.25) is 0 Å². The Kier molecular flexibility index (Phi) is 3.78. The standard InChI is InChI=1S/C14H18N4OS/c1-14(2,3)9-6-4-8(5-7-9)11-10(12(19)18-16)17-13(15)20-11/h4-7H,16H2,1-3H3,(H2,15,17)(H,18,19). The van der Waals surface area contributed by atoms with Crippen LogP contribution < -0.4 is 17.0 Å². The predicted octanol–water partition coefficient (Wildman–Crippen LogP) is 2.29. The molecule has 0 aliphatic carbocycles. The molecule has 0 fully saturated rings. The molecule has 1 aromatic carbocycles. The lowest BCUT2D eigenvalue weighted by molar-refractivity contribution is 0.0950. The third kappa shape index (κ3) is 2.81. The average molecular weight is 290 g/mol. The van der Waals surface area contributed by atoms with Crippen molar-refractivity contribution in [2.75, 3.05) is 5.73 Å². The molecule has 0 aliphatic rings. The smallest absolute Gasteiger partial charge is 0.285 e. The van der Waals surface area contributed by atoms with E-state index in [0.29, 0.717) is 5.13 Å². The van der Waals surface area contributed by atoms with E-state index in [1.54, 1.807) is 0 Å². The van der Waals surface area contributed by atoms with Crippen LogP contribution in [0.1, 0.15) is 36.8 Å². The molecule has 5 N–H and O–H groups in total. The summed E-state index contributed by atoms with van der Waals surface area (Å²) in [6.07, 6.45) is 0. The molecule has 1 aromatic heterocycles. The van der Waals surface area contributed by atoms with Gasteiger partial charge in [0.15, 0.2) is 10.8 Å². The molecule has 2 rings (SSSR count). The molecule has 0 radical (unpaired) electrons. The largest absolute Gasteiger partial charge is 0.375 e. The Morgan fingerprint density at radius 2 is 1.85 bits per heavy atom. The van der Waals surface area contributed by atoms with Gasteiger partial charge in [0, 0.05) is 0 Å². The molecule has 6 heteroatoms. The fourth-order valence-corrected chi connectivity index (χ4v) is 2.71.